The van der Waals surface area contributed by atoms with Gasteiger partial charge in [0, 0.05) is 24.7 Å². The van der Waals surface area contributed by atoms with Crippen molar-refractivity contribution in [2.75, 3.05) is 19.0 Å². The topological polar surface area (TPSA) is 41.0 Å². The Kier molecular flexibility index (Phi) is 5.09. The zero-order valence-electron chi connectivity index (χ0n) is 12.6. The second-order valence-electron chi connectivity index (χ2n) is 4.92. The van der Waals surface area contributed by atoms with Gasteiger partial charge in [-0.1, -0.05) is 6.92 Å². The molecule has 0 atom stereocenters. The van der Waals surface area contributed by atoms with Crippen molar-refractivity contribution in [3.05, 3.63) is 39.5 Å². The predicted molar refractivity (Wildman–Crippen MR) is 85.3 cm³/mol. The molecule has 0 aliphatic rings. The number of rotatable bonds is 6. The average Bonchev–Trinajstić information content (AvgIpc) is 2.84. The Labute approximate surface area is 124 Å². The van der Waals surface area contributed by atoms with E-state index in [1.807, 2.05) is 14.0 Å². The van der Waals surface area contributed by atoms with E-state index in [4.69, 9.17) is 4.98 Å². The van der Waals surface area contributed by atoms with Gasteiger partial charge in [-0.2, -0.15) is 0 Å². The molecule has 2 aromatic rings. The summed E-state index contributed by atoms with van der Waals surface area (Å²) in [6, 6.07) is 4.32. The van der Waals surface area contributed by atoms with E-state index in [1.54, 1.807) is 11.3 Å². The summed E-state index contributed by atoms with van der Waals surface area (Å²) in [5.74, 6) is 1.01. The van der Waals surface area contributed by atoms with Crippen LogP contribution in [0.15, 0.2) is 17.5 Å². The second-order valence-corrected chi connectivity index (χ2v) is 5.98. The van der Waals surface area contributed by atoms with Crippen LogP contribution in [0, 0.1) is 6.92 Å². The molecular formula is C15H22N4S. The van der Waals surface area contributed by atoms with Gasteiger partial charge in [-0.05, 0) is 38.1 Å². The van der Waals surface area contributed by atoms with Crippen LogP contribution in [-0.4, -0.2) is 24.1 Å². The van der Waals surface area contributed by atoms with Crippen LogP contribution in [0.2, 0.25) is 0 Å². The van der Waals surface area contributed by atoms with Crippen LogP contribution >= 0.6 is 11.3 Å². The number of hydrogen-bond acceptors (Lipinski definition) is 5. The fourth-order valence-electron chi connectivity index (χ4n) is 2.12. The molecule has 108 valence electrons. The number of aryl methyl sites for hydroxylation is 2. The number of nitrogens with one attached hydrogen (secondary N) is 1. The Balaban J connectivity index is 2.19. The van der Waals surface area contributed by atoms with Gasteiger partial charge in [-0.15, -0.1) is 11.3 Å². The first-order valence-corrected chi connectivity index (χ1v) is 7.77. The largest absolute Gasteiger partial charge is 0.354 e. The predicted octanol–water partition coefficient (Wildman–Crippen LogP) is 2.76. The van der Waals surface area contributed by atoms with Gasteiger partial charge in [0.1, 0.15) is 5.82 Å². The molecule has 0 amide bonds. The maximum absolute atomic E-state index is 4.71. The second kappa shape index (κ2) is 6.81. The van der Waals surface area contributed by atoms with Gasteiger partial charge < -0.3 is 10.2 Å². The van der Waals surface area contributed by atoms with Crippen molar-refractivity contribution in [2.24, 2.45) is 0 Å². The van der Waals surface area contributed by atoms with Gasteiger partial charge in [-0.25, -0.2) is 9.97 Å². The smallest absolute Gasteiger partial charge is 0.129 e. The minimum atomic E-state index is 0.795. The zero-order valence-corrected chi connectivity index (χ0v) is 13.4. The SMILES string of the molecule is CCc1cc(CNC)cc(N(C)Cc2csc(C)n2)n1. The maximum Gasteiger partial charge on any atom is 0.129 e. The molecule has 0 fully saturated rings. The molecule has 0 bridgehead atoms. The van der Waals surface area contributed by atoms with E-state index in [0.717, 1.165) is 41.7 Å². The van der Waals surface area contributed by atoms with Gasteiger partial charge in [0.15, 0.2) is 0 Å². The molecular weight excluding hydrogens is 268 g/mol. The molecule has 0 spiro atoms. The fourth-order valence-corrected chi connectivity index (χ4v) is 2.72. The lowest BCUT2D eigenvalue weighted by molar-refractivity contribution is 0.803. The van der Waals surface area contributed by atoms with E-state index in [2.05, 4.69) is 46.7 Å². The van der Waals surface area contributed by atoms with Gasteiger partial charge in [0.25, 0.3) is 0 Å². The van der Waals surface area contributed by atoms with E-state index in [1.165, 1.54) is 5.56 Å². The highest BCUT2D eigenvalue weighted by Crippen LogP contribution is 2.18. The first-order chi connectivity index (χ1) is 9.62. The molecule has 0 radical (unpaired) electrons. The van der Waals surface area contributed by atoms with E-state index in [-0.39, 0.29) is 0 Å². The lowest BCUT2D eigenvalue weighted by Crippen LogP contribution is -2.19. The number of aromatic nitrogens is 2. The van der Waals surface area contributed by atoms with Crippen molar-refractivity contribution < 1.29 is 0 Å². The number of thiazole rings is 1. The minimum Gasteiger partial charge on any atom is -0.354 e. The molecule has 0 unspecified atom stereocenters. The van der Waals surface area contributed by atoms with Crippen LogP contribution in [-0.2, 0) is 19.5 Å². The molecule has 0 aliphatic heterocycles. The first-order valence-electron chi connectivity index (χ1n) is 6.89. The molecule has 1 N–H and O–H groups in total. The molecule has 2 heterocycles. The summed E-state index contributed by atoms with van der Waals surface area (Å²) in [5, 5.41) is 6.42. The summed E-state index contributed by atoms with van der Waals surface area (Å²) in [6.07, 6.45) is 0.953. The van der Waals surface area contributed by atoms with Crippen LogP contribution in [0.5, 0.6) is 0 Å². The van der Waals surface area contributed by atoms with Crippen molar-refractivity contribution in [3.63, 3.8) is 0 Å². The Morgan fingerprint density at radius 1 is 1.25 bits per heavy atom. The van der Waals surface area contributed by atoms with Crippen LogP contribution in [0.1, 0.15) is 28.9 Å². The summed E-state index contributed by atoms with van der Waals surface area (Å²) in [5.41, 5.74) is 3.51. The van der Waals surface area contributed by atoms with Gasteiger partial charge in [-0.3, -0.25) is 0 Å². The lowest BCUT2D eigenvalue weighted by atomic mass is 10.2. The van der Waals surface area contributed by atoms with Crippen molar-refractivity contribution in [1.82, 2.24) is 15.3 Å². The lowest BCUT2D eigenvalue weighted by Gasteiger charge is -2.19. The monoisotopic (exact) mass is 290 g/mol. The van der Waals surface area contributed by atoms with Crippen molar-refractivity contribution in [1.29, 1.82) is 0 Å². The van der Waals surface area contributed by atoms with E-state index in [9.17, 15) is 0 Å². The van der Waals surface area contributed by atoms with Gasteiger partial charge >= 0.3 is 0 Å². The van der Waals surface area contributed by atoms with Gasteiger partial charge in [0.2, 0.25) is 0 Å². The summed E-state index contributed by atoms with van der Waals surface area (Å²) >= 11 is 1.69. The van der Waals surface area contributed by atoms with Crippen molar-refractivity contribution >= 4 is 17.2 Å². The Bertz CT molecular complexity index is 565. The van der Waals surface area contributed by atoms with Crippen LogP contribution < -0.4 is 10.2 Å². The Hall–Kier alpha value is -1.46. The van der Waals surface area contributed by atoms with Gasteiger partial charge in [0.05, 0.1) is 17.2 Å². The molecule has 5 heteroatoms. The fraction of sp³-hybridized carbons (Fsp3) is 0.467. The molecule has 0 aliphatic carbocycles. The summed E-state index contributed by atoms with van der Waals surface area (Å²) in [6.45, 7) is 5.84. The van der Waals surface area contributed by atoms with Crippen LogP contribution in [0.25, 0.3) is 0 Å². The molecule has 0 saturated carbocycles. The molecule has 2 rings (SSSR count). The number of pyridine rings is 1. The van der Waals surface area contributed by atoms with Crippen molar-refractivity contribution in [3.8, 4) is 0 Å². The first kappa shape index (κ1) is 14.9. The van der Waals surface area contributed by atoms with E-state index < -0.39 is 0 Å². The molecule has 0 aromatic carbocycles. The highest BCUT2D eigenvalue weighted by molar-refractivity contribution is 7.09. The standard InChI is InChI=1S/C15H22N4S/c1-5-13-6-12(8-16-3)7-15(18-13)19(4)9-14-10-20-11(2)17-14/h6-7,10,16H,5,8-9H2,1-4H3. The highest BCUT2D eigenvalue weighted by Gasteiger charge is 2.08. The average molecular weight is 290 g/mol. The third kappa shape index (κ3) is 3.77. The minimum absolute atomic E-state index is 0.795. The quantitative estimate of drug-likeness (QED) is 0.888. The normalized spacial score (nSPS) is 10.8. The van der Waals surface area contributed by atoms with Crippen LogP contribution in [0.4, 0.5) is 5.82 Å². The van der Waals surface area contributed by atoms with Crippen molar-refractivity contribution in [2.45, 2.75) is 33.4 Å². The molecule has 2 aromatic heterocycles. The Morgan fingerprint density at radius 2 is 2.05 bits per heavy atom. The third-order valence-electron chi connectivity index (χ3n) is 3.12. The van der Waals surface area contributed by atoms with E-state index >= 15 is 0 Å². The van der Waals surface area contributed by atoms with E-state index in [0.29, 0.717) is 0 Å². The summed E-state index contributed by atoms with van der Waals surface area (Å²) in [7, 11) is 4.03. The number of hydrogen-bond donors (Lipinski definition) is 1. The third-order valence-corrected chi connectivity index (χ3v) is 3.95. The Morgan fingerprint density at radius 3 is 2.65 bits per heavy atom. The molecule has 4 nitrogen and oxygen atoms in total. The number of nitrogens with zero attached hydrogens (tertiary/aromatic N) is 3. The molecule has 20 heavy (non-hydrogen) atoms. The molecule has 0 saturated heterocycles. The summed E-state index contributed by atoms with van der Waals surface area (Å²) in [4.78, 5) is 11.4. The van der Waals surface area contributed by atoms with Crippen LogP contribution in [0.3, 0.4) is 0 Å². The highest BCUT2D eigenvalue weighted by atomic mass is 32.1. The maximum atomic E-state index is 4.71. The summed E-state index contributed by atoms with van der Waals surface area (Å²) < 4.78 is 0. The zero-order chi connectivity index (χ0) is 14.5. The number of anilines is 1.